The zero-order valence-electron chi connectivity index (χ0n) is 16.3. The molecule has 3 atom stereocenters. The molecule has 2 aliphatic heterocycles. The largest absolute Gasteiger partial charge is 0.469 e. The van der Waals surface area contributed by atoms with Gasteiger partial charge in [0.2, 0.25) is 0 Å². The minimum atomic E-state index is -0.124. The molecule has 0 amide bonds. The number of carbonyl (C=O) groups is 1. The van der Waals surface area contributed by atoms with Crippen LogP contribution in [0, 0.1) is 17.8 Å². The predicted molar refractivity (Wildman–Crippen MR) is 112 cm³/mol. The Bertz CT molecular complexity index is 696. The first-order valence-electron chi connectivity index (χ1n) is 9.55. The lowest BCUT2D eigenvalue weighted by Crippen LogP contribution is -2.42. The van der Waals surface area contributed by atoms with Crippen LogP contribution < -0.4 is 10.2 Å². The molecule has 1 aromatic rings. The lowest BCUT2D eigenvalue weighted by atomic mass is 9.99. The number of benzene rings is 1. The maximum atomic E-state index is 11.9. The molecule has 2 heterocycles. The van der Waals surface area contributed by atoms with Crippen LogP contribution in [0.25, 0.3) is 0 Å². The minimum absolute atomic E-state index is 0.0768. The quantitative estimate of drug-likeness (QED) is 0.446. The van der Waals surface area contributed by atoms with Gasteiger partial charge in [0, 0.05) is 49.9 Å². The Labute approximate surface area is 170 Å². The summed E-state index contributed by atoms with van der Waals surface area (Å²) in [7, 11) is 3.27. The average Bonchev–Trinajstić information content (AvgIpc) is 3.29. The first kappa shape index (κ1) is 20.0. The summed E-state index contributed by atoms with van der Waals surface area (Å²) in [5, 5.41) is 3.52. The summed E-state index contributed by atoms with van der Waals surface area (Å²) in [6.45, 7) is 6.61. The van der Waals surface area contributed by atoms with Gasteiger partial charge in [-0.2, -0.15) is 0 Å². The van der Waals surface area contributed by atoms with Crippen LogP contribution in [0.1, 0.15) is 13.3 Å². The highest BCUT2D eigenvalue weighted by atomic mass is 79.9. The Morgan fingerprint density at radius 2 is 2.19 bits per heavy atom. The molecule has 3 rings (SSSR count). The Hall–Kier alpha value is -1.76. The maximum absolute atomic E-state index is 11.9. The summed E-state index contributed by atoms with van der Waals surface area (Å²) in [5.74, 6) is 1.54. The van der Waals surface area contributed by atoms with Gasteiger partial charge in [-0.15, -0.1) is 0 Å². The number of hydrogen-bond acceptors (Lipinski definition) is 4. The molecule has 148 valence electrons. The van der Waals surface area contributed by atoms with Crippen LogP contribution in [0.2, 0.25) is 0 Å². The number of nitrogens with zero attached hydrogens (tertiary/aromatic N) is 3. The van der Waals surface area contributed by atoms with E-state index in [9.17, 15) is 4.79 Å². The number of ether oxygens (including phenoxy) is 1. The fourth-order valence-electron chi connectivity index (χ4n) is 4.07. The van der Waals surface area contributed by atoms with Crippen molar-refractivity contribution >= 4 is 33.5 Å². The lowest BCUT2D eigenvalue weighted by Gasteiger charge is -2.23. The van der Waals surface area contributed by atoms with Gasteiger partial charge in [-0.1, -0.05) is 28.9 Å². The molecule has 2 saturated heterocycles. The van der Waals surface area contributed by atoms with E-state index in [1.807, 2.05) is 0 Å². The number of methoxy groups -OCH3 is 1. The highest BCUT2D eigenvalue weighted by Gasteiger charge is 2.37. The van der Waals surface area contributed by atoms with E-state index < -0.39 is 0 Å². The van der Waals surface area contributed by atoms with Crippen LogP contribution in [0.3, 0.4) is 0 Å². The van der Waals surface area contributed by atoms with E-state index >= 15 is 0 Å². The van der Waals surface area contributed by atoms with Crippen molar-refractivity contribution < 1.29 is 9.53 Å². The van der Waals surface area contributed by atoms with Crippen molar-refractivity contribution in [2.45, 2.75) is 13.3 Å². The van der Waals surface area contributed by atoms with Crippen LogP contribution in [0.4, 0.5) is 5.69 Å². The van der Waals surface area contributed by atoms with Crippen LogP contribution >= 0.6 is 15.9 Å². The number of carbonyl (C=O) groups excluding carboxylic acids is 1. The van der Waals surface area contributed by atoms with E-state index in [0.717, 1.165) is 43.0 Å². The molecule has 7 heteroatoms. The lowest BCUT2D eigenvalue weighted by molar-refractivity contribution is -0.145. The molecule has 0 radical (unpaired) electrons. The second kappa shape index (κ2) is 8.95. The number of halogens is 1. The average molecular weight is 437 g/mol. The zero-order chi connectivity index (χ0) is 19.4. The Kier molecular flexibility index (Phi) is 6.63. The summed E-state index contributed by atoms with van der Waals surface area (Å²) in [5.41, 5.74) is 1.27. The minimum Gasteiger partial charge on any atom is -0.469 e. The van der Waals surface area contributed by atoms with Crippen LogP contribution in [-0.4, -0.2) is 63.7 Å². The number of rotatable bonds is 4. The number of hydrogen-bond donors (Lipinski definition) is 1. The fourth-order valence-corrected chi connectivity index (χ4v) is 4.46. The summed E-state index contributed by atoms with van der Waals surface area (Å²) in [6.07, 6.45) is 1.16. The monoisotopic (exact) mass is 436 g/mol. The standard InChI is InChI=1S/C20H29BrN4O2/c1-14-11-25(13-18(14)19(26)27-3)20(22-2)23-10-15-7-8-24(12-15)17-6-4-5-16(21)9-17/h4-6,9,14-15,18H,7-8,10-13H2,1-3H3,(H,22,23). The smallest absolute Gasteiger partial charge is 0.310 e. The van der Waals surface area contributed by atoms with Crippen molar-refractivity contribution in [1.29, 1.82) is 0 Å². The van der Waals surface area contributed by atoms with Crippen molar-refractivity contribution in [3.8, 4) is 0 Å². The van der Waals surface area contributed by atoms with Crippen molar-refractivity contribution in [2.24, 2.45) is 22.7 Å². The van der Waals surface area contributed by atoms with Gasteiger partial charge in [-0.05, 0) is 36.5 Å². The van der Waals surface area contributed by atoms with E-state index in [-0.39, 0.29) is 17.8 Å². The van der Waals surface area contributed by atoms with Crippen molar-refractivity contribution in [2.75, 3.05) is 51.8 Å². The highest BCUT2D eigenvalue weighted by molar-refractivity contribution is 9.10. The number of esters is 1. The van der Waals surface area contributed by atoms with Gasteiger partial charge in [0.25, 0.3) is 0 Å². The predicted octanol–water partition coefficient (Wildman–Crippen LogP) is 2.59. The third kappa shape index (κ3) is 4.75. The third-order valence-electron chi connectivity index (χ3n) is 5.64. The van der Waals surface area contributed by atoms with Crippen LogP contribution in [0.5, 0.6) is 0 Å². The fraction of sp³-hybridized carbons (Fsp3) is 0.600. The van der Waals surface area contributed by atoms with Crippen molar-refractivity contribution in [3.05, 3.63) is 28.7 Å². The van der Waals surface area contributed by atoms with Gasteiger partial charge < -0.3 is 19.9 Å². The van der Waals surface area contributed by atoms with Gasteiger partial charge in [-0.3, -0.25) is 9.79 Å². The molecule has 2 fully saturated rings. The molecular weight excluding hydrogens is 408 g/mol. The molecule has 0 saturated carbocycles. The molecule has 0 bridgehead atoms. The van der Waals surface area contributed by atoms with Crippen LogP contribution in [0.15, 0.2) is 33.7 Å². The first-order chi connectivity index (χ1) is 13.0. The molecule has 1 N–H and O–H groups in total. The molecule has 0 aliphatic carbocycles. The molecule has 6 nitrogen and oxygen atoms in total. The van der Waals surface area contributed by atoms with E-state index in [2.05, 4.69) is 67.2 Å². The van der Waals surface area contributed by atoms with E-state index in [4.69, 9.17) is 4.74 Å². The summed E-state index contributed by atoms with van der Waals surface area (Å²) < 4.78 is 6.05. The van der Waals surface area contributed by atoms with Gasteiger partial charge in [0.05, 0.1) is 13.0 Å². The molecule has 2 aliphatic rings. The van der Waals surface area contributed by atoms with Gasteiger partial charge in [0.1, 0.15) is 0 Å². The number of nitrogens with one attached hydrogen (secondary N) is 1. The second-order valence-corrected chi connectivity index (χ2v) is 8.44. The van der Waals surface area contributed by atoms with E-state index in [1.54, 1.807) is 7.05 Å². The molecule has 0 spiro atoms. The topological polar surface area (TPSA) is 57.2 Å². The van der Waals surface area contributed by atoms with Gasteiger partial charge >= 0.3 is 5.97 Å². The summed E-state index contributed by atoms with van der Waals surface area (Å²) in [6, 6.07) is 8.48. The first-order valence-corrected chi connectivity index (χ1v) is 10.3. The number of aliphatic imine (C=N–C) groups is 1. The third-order valence-corrected chi connectivity index (χ3v) is 6.13. The van der Waals surface area contributed by atoms with Gasteiger partial charge in [0.15, 0.2) is 5.96 Å². The normalized spacial score (nSPS) is 25.8. The summed E-state index contributed by atoms with van der Waals surface area (Å²) in [4.78, 5) is 21.0. The molecule has 1 aromatic carbocycles. The van der Waals surface area contributed by atoms with E-state index in [0.29, 0.717) is 12.5 Å². The Morgan fingerprint density at radius 1 is 1.37 bits per heavy atom. The van der Waals surface area contributed by atoms with Crippen LogP contribution in [-0.2, 0) is 9.53 Å². The van der Waals surface area contributed by atoms with E-state index in [1.165, 1.54) is 12.8 Å². The Balaban J connectivity index is 1.51. The number of likely N-dealkylation sites (tertiary alicyclic amines) is 1. The van der Waals surface area contributed by atoms with Crippen molar-refractivity contribution in [1.82, 2.24) is 10.2 Å². The van der Waals surface area contributed by atoms with Gasteiger partial charge in [-0.25, -0.2) is 0 Å². The maximum Gasteiger partial charge on any atom is 0.310 e. The molecule has 27 heavy (non-hydrogen) atoms. The SMILES string of the molecule is CN=C(NCC1CCN(c2cccc(Br)c2)C1)N1CC(C)C(C(=O)OC)C1. The zero-order valence-corrected chi connectivity index (χ0v) is 17.9. The summed E-state index contributed by atoms with van der Waals surface area (Å²) >= 11 is 3.55. The molecular formula is C20H29BrN4O2. The van der Waals surface area contributed by atoms with Crippen molar-refractivity contribution in [3.63, 3.8) is 0 Å². The number of guanidine groups is 1. The molecule has 0 aromatic heterocycles. The highest BCUT2D eigenvalue weighted by Crippen LogP contribution is 2.27. The second-order valence-electron chi connectivity index (χ2n) is 7.52. The number of anilines is 1. The molecule has 3 unspecified atom stereocenters. The Morgan fingerprint density at radius 3 is 2.89 bits per heavy atom.